The number of rotatable bonds is 4. The SMILES string of the molecule is Cc1cc(S(=O)(=O)N(C)C2CCOC2)ccc1CN. The van der Waals surface area contributed by atoms with E-state index in [0.29, 0.717) is 24.7 Å². The first-order chi connectivity index (χ1) is 8.96. The van der Waals surface area contributed by atoms with Crippen molar-refractivity contribution in [2.45, 2.75) is 30.8 Å². The van der Waals surface area contributed by atoms with E-state index in [1.807, 2.05) is 6.92 Å². The van der Waals surface area contributed by atoms with Crippen LogP contribution in [0.1, 0.15) is 17.5 Å². The molecule has 1 aromatic rings. The number of likely N-dealkylation sites (N-methyl/N-ethyl adjacent to an activating group) is 1. The van der Waals surface area contributed by atoms with Crippen LogP contribution in [0.4, 0.5) is 0 Å². The molecule has 1 saturated heterocycles. The van der Waals surface area contributed by atoms with Crippen LogP contribution in [0.3, 0.4) is 0 Å². The zero-order valence-corrected chi connectivity index (χ0v) is 12.1. The Kier molecular flexibility index (Phi) is 4.25. The van der Waals surface area contributed by atoms with Gasteiger partial charge in [-0.2, -0.15) is 4.31 Å². The van der Waals surface area contributed by atoms with Crippen LogP contribution in [0.5, 0.6) is 0 Å². The van der Waals surface area contributed by atoms with Gasteiger partial charge in [-0.25, -0.2) is 8.42 Å². The van der Waals surface area contributed by atoms with E-state index in [2.05, 4.69) is 0 Å². The summed E-state index contributed by atoms with van der Waals surface area (Å²) in [6.45, 7) is 3.38. The average Bonchev–Trinajstić information content (AvgIpc) is 2.91. The number of ether oxygens (including phenoxy) is 1. The summed E-state index contributed by atoms with van der Waals surface area (Å²) in [7, 11) is -1.85. The van der Waals surface area contributed by atoms with Gasteiger partial charge in [-0.15, -0.1) is 0 Å². The third-order valence-corrected chi connectivity index (χ3v) is 5.54. The van der Waals surface area contributed by atoms with Crippen molar-refractivity contribution in [2.24, 2.45) is 5.73 Å². The zero-order chi connectivity index (χ0) is 14.0. The van der Waals surface area contributed by atoms with Gasteiger partial charge in [0.2, 0.25) is 10.0 Å². The second-order valence-corrected chi connectivity index (χ2v) is 6.83. The van der Waals surface area contributed by atoms with Crippen LogP contribution < -0.4 is 5.73 Å². The molecule has 1 fully saturated rings. The summed E-state index contributed by atoms with van der Waals surface area (Å²) in [5.74, 6) is 0. The van der Waals surface area contributed by atoms with Crippen LogP contribution in [-0.2, 0) is 21.3 Å². The highest BCUT2D eigenvalue weighted by atomic mass is 32.2. The molecule has 5 nitrogen and oxygen atoms in total. The van der Waals surface area contributed by atoms with Gasteiger partial charge in [-0.05, 0) is 36.6 Å². The van der Waals surface area contributed by atoms with Crippen LogP contribution in [0.25, 0.3) is 0 Å². The van der Waals surface area contributed by atoms with E-state index in [-0.39, 0.29) is 6.04 Å². The smallest absolute Gasteiger partial charge is 0.243 e. The van der Waals surface area contributed by atoms with Crippen molar-refractivity contribution >= 4 is 10.0 Å². The second-order valence-electron chi connectivity index (χ2n) is 4.83. The molecule has 106 valence electrons. The van der Waals surface area contributed by atoms with Gasteiger partial charge in [0.05, 0.1) is 17.5 Å². The Morgan fingerprint density at radius 3 is 2.74 bits per heavy atom. The molecular weight excluding hydrogens is 264 g/mol. The fraction of sp³-hybridized carbons (Fsp3) is 0.538. The van der Waals surface area contributed by atoms with Crippen molar-refractivity contribution in [3.63, 3.8) is 0 Å². The van der Waals surface area contributed by atoms with Gasteiger partial charge in [-0.1, -0.05) is 6.07 Å². The molecule has 2 N–H and O–H groups in total. The molecule has 1 aliphatic rings. The normalized spacial score (nSPS) is 20.1. The summed E-state index contributed by atoms with van der Waals surface area (Å²) in [5, 5.41) is 0. The van der Waals surface area contributed by atoms with E-state index in [9.17, 15) is 8.42 Å². The molecule has 2 rings (SSSR count). The number of aryl methyl sites for hydroxylation is 1. The molecule has 1 aliphatic heterocycles. The monoisotopic (exact) mass is 284 g/mol. The highest BCUT2D eigenvalue weighted by Gasteiger charge is 2.30. The minimum atomic E-state index is -3.46. The van der Waals surface area contributed by atoms with Crippen LogP contribution in [0, 0.1) is 6.92 Å². The number of sulfonamides is 1. The van der Waals surface area contributed by atoms with E-state index in [4.69, 9.17) is 10.5 Å². The van der Waals surface area contributed by atoms with E-state index in [1.54, 1.807) is 25.2 Å². The Hall–Kier alpha value is -0.950. The first-order valence-electron chi connectivity index (χ1n) is 6.32. The quantitative estimate of drug-likeness (QED) is 0.890. The molecule has 1 unspecified atom stereocenters. The number of benzene rings is 1. The summed E-state index contributed by atoms with van der Waals surface area (Å²) in [5.41, 5.74) is 7.46. The molecule has 0 spiro atoms. The summed E-state index contributed by atoms with van der Waals surface area (Å²) >= 11 is 0. The third-order valence-electron chi connectivity index (χ3n) is 3.63. The molecule has 0 saturated carbocycles. The number of nitrogens with zero attached hydrogens (tertiary/aromatic N) is 1. The highest BCUT2D eigenvalue weighted by Crippen LogP contribution is 2.22. The first-order valence-corrected chi connectivity index (χ1v) is 7.76. The van der Waals surface area contributed by atoms with Gasteiger partial charge in [0.25, 0.3) is 0 Å². The van der Waals surface area contributed by atoms with Crippen LogP contribution in [-0.4, -0.2) is 39.0 Å². The van der Waals surface area contributed by atoms with Crippen molar-refractivity contribution in [3.05, 3.63) is 29.3 Å². The number of hydrogen-bond acceptors (Lipinski definition) is 4. The summed E-state index contributed by atoms with van der Waals surface area (Å²) in [4.78, 5) is 0.316. The lowest BCUT2D eigenvalue weighted by Crippen LogP contribution is -2.37. The van der Waals surface area contributed by atoms with Crippen LogP contribution >= 0.6 is 0 Å². The largest absolute Gasteiger partial charge is 0.380 e. The topological polar surface area (TPSA) is 72.6 Å². The van der Waals surface area contributed by atoms with E-state index >= 15 is 0 Å². The maximum absolute atomic E-state index is 12.5. The highest BCUT2D eigenvalue weighted by molar-refractivity contribution is 7.89. The molecule has 0 aromatic heterocycles. The third kappa shape index (κ3) is 2.81. The first kappa shape index (κ1) is 14.5. The van der Waals surface area contributed by atoms with Gasteiger partial charge in [0.15, 0.2) is 0 Å². The lowest BCUT2D eigenvalue weighted by Gasteiger charge is -2.23. The van der Waals surface area contributed by atoms with Crippen LogP contribution in [0.2, 0.25) is 0 Å². The van der Waals surface area contributed by atoms with Crippen molar-refractivity contribution in [3.8, 4) is 0 Å². The second kappa shape index (κ2) is 5.58. The van der Waals surface area contributed by atoms with Crippen LogP contribution in [0.15, 0.2) is 23.1 Å². The predicted molar refractivity (Wildman–Crippen MR) is 73.2 cm³/mol. The number of nitrogens with two attached hydrogens (primary N) is 1. The molecule has 1 heterocycles. The van der Waals surface area contributed by atoms with Gasteiger partial charge >= 0.3 is 0 Å². The van der Waals surface area contributed by atoms with Crippen molar-refractivity contribution < 1.29 is 13.2 Å². The minimum Gasteiger partial charge on any atom is -0.380 e. The summed E-state index contributed by atoms with van der Waals surface area (Å²) < 4.78 is 31.7. The Bertz CT molecular complexity index is 551. The maximum Gasteiger partial charge on any atom is 0.243 e. The Morgan fingerprint density at radius 2 is 2.21 bits per heavy atom. The lowest BCUT2D eigenvalue weighted by atomic mass is 10.1. The van der Waals surface area contributed by atoms with E-state index in [1.165, 1.54) is 4.31 Å². The standard InChI is InChI=1S/C13H20N2O3S/c1-10-7-13(4-3-11(10)8-14)19(16,17)15(2)12-5-6-18-9-12/h3-4,7,12H,5-6,8-9,14H2,1-2H3. The molecule has 6 heteroatoms. The average molecular weight is 284 g/mol. The van der Waals surface area contributed by atoms with Crippen molar-refractivity contribution in [1.82, 2.24) is 4.31 Å². The molecular formula is C13H20N2O3S. The number of hydrogen-bond donors (Lipinski definition) is 1. The summed E-state index contributed by atoms with van der Waals surface area (Å²) in [6, 6.07) is 5.02. The molecule has 0 amide bonds. The molecule has 0 radical (unpaired) electrons. The molecule has 0 aliphatic carbocycles. The Balaban J connectivity index is 2.30. The Labute approximate surface area is 114 Å². The molecule has 1 aromatic carbocycles. The molecule has 1 atom stereocenters. The summed E-state index contributed by atoms with van der Waals surface area (Å²) in [6.07, 6.45) is 0.746. The van der Waals surface area contributed by atoms with E-state index in [0.717, 1.165) is 17.5 Å². The van der Waals surface area contributed by atoms with Crippen molar-refractivity contribution in [1.29, 1.82) is 0 Å². The van der Waals surface area contributed by atoms with Crippen molar-refractivity contribution in [2.75, 3.05) is 20.3 Å². The van der Waals surface area contributed by atoms with Gasteiger partial charge in [0, 0.05) is 20.2 Å². The lowest BCUT2D eigenvalue weighted by molar-refractivity contribution is 0.181. The van der Waals surface area contributed by atoms with Gasteiger partial charge in [0.1, 0.15) is 0 Å². The minimum absolute atomic E-state index is 0.0699. The van der Waals surface area contributed by atoms with Gasteiger partial charge < -0.3 is 10.5 Å². The van der Waals surface area contributed by atoms with Gasteiger partial charge in [-0.3, -0.25) is 0 Å². The fourth-order valence-electron chi connectivity index (χ4n) is 2.23. The molecule has 19 heavy (non-hydrogen) atoms. The molecule has 0 bridgehead atoms. The fourth-order valence-corrected chi connectivity index (χ4v) is 3.69. The Morgan fingerprint density at radius 1 is 1.47 bits per heavy atom. The maximum atomic E-state index is 12.5. The van der Waals surface area contributed by atoms with E-state index < -0.39 is 10.0 Å². The zero-order valence-electron chi connectivity index (χ0n) is 11.3. The predicted octanol–water partition coefficient (Wildman–Crippen LogP) is 0.863.